The van der Waals surface area contributed by atoms with Crippen molar-refractivity contribution in [2.24, 2.45) is 4.99 Å². The smallest absolute Gasteiger partial charge is 0.418 e. The topological polar surface area (TPSA) is 81.9 Å². The number of phenols is 2. The number of phenolic OH excluding ortho intramolecular Hbond substituents is 2. The number of amidine groups is 1. The molecule has 1 heterocycles. The van der Waals surface area contributed by atoms with Gasteiger partial charge < -0.3 is 15.5 Å². The van der Waals surface area contributed by atoms with Gasteiger partial charge >= 0.3 is 6.18 Å². The predicted molar refractivity (Wildman–Crippen MR) is 97.0 cm³/mol. The molecular weight excluding hydrogens is 405 g/mol. The highest BCUT2D eigenvalue weighted by atomic mass is 35.5. The molecule has 1 amide bonds. The van der Waals surface area contributed by atoms with Gasteiger partial charge in [-0.2, -0.15) is 13.2 Å². The maximum atomic E-state index is 13.1. The van der Waals surface area contributed by atoms with Crippen molar-refractivity contribution in [3.05, 3.63) is 57.5 Å². The Morgan fingerprint density at radius 3 is 2.52 bits per heavy atom. The van der Waals surface area contributed by atoms with E-state index in [9.17, 15) is 28.2 Å². The molecule has 140 valence electrons. The van der Waals surface area contributed by atoms with Crippen molar-refractivity contribution < 1.29 is 28.2 Å². The summed E-state index contributed by atoms with van der Waals surface area (Å²) in [5.74, 6) is -1.23. The maximum absolute atomic E-state index is 13.1. The largest absolute Gasteiger partial charge is 0.504 e. The van der Waals surface area contributed by atoms with Crippen LogP contribution < -0.4 is 5.32 Å². The molecule has 0 bridgehead atoms. The van der Waals surface area contributed by atoms with Gasteiger partial charge in [0.05, 0.1) is 16.2 Å². The Morgan fingerprint density at radius 1 is 1.11 bits per heavy atom. The number of benzene rings is 2. The Morgan fingerprint density at radius 2 is 1.85 bits per heavy atom. The van der Waals surface area contributed by atoms with Gasteiger partial charge in [-0.05, 0) is 53.7 Å². The molecule has 0 aliphatic carbocycles. The molecule has 0 aromatic heterocycles. The summed E-state index contributed by atoms with van der Waals surface area (Å²) >= 11 is 6.48. The maximum Gasteiger partial charge on any atom is 0.418 e. The van der Waals surface area contributed by atoms with E-state index in [4.69, 9.17) is 11.6 Å². The molecule has 1 aliphatic heterocycles. The molecule has 0 saturated carbocycles. The monoisotopic (exact) mass is 414 g/mol. The van der Waals surface area contributed by atoms with Crippen LogP contribution in [-0.2, 0) is 11.0 Å². The third kappa shape index (κ3) is 4.37. The van der Waals surface area contributed by atoms with Crippen molar-refractivity contribution in [2.45, 2.75) is 6.18 Å². The van der Waals surface area contributed by atoms with Crippen molar-refractivity contribution in [2.75, 3.05) is 0 Å². The average Bonchev–Trinajstić information content (AvgIpc) is 2.91. The number of amides is 1. The normalized spacial score (nSPS) is 17.6. The van der Waals surface area contributed by atoms with Gasteiger partial charge in [-0.3, -0.25) is 4.79 Å². The van der Waals surface area contributed by atoms with E-state index in [1.54, 1.807) is 0 Å². The minimum Gasteiger partial charge on any atom is -0.504 e. The van der Waals surface area contributed by atoms with E-state index in [2.05, 4.69) is 10.3 Å². The molecule has 3 N–H and O–H groups in total. The summed E-state index contributed by atoms with van der Waals surface area (Å²) in [6.45, 7) is 0. The number of aromatic hydroxyl groups is 2. The van der Waals surface area contributed by atoms with Gasteiger partial charge in [-0.25, -0.2) is 4.99 Å². The predicted octanol–water partition coefficient (Wildman–Crippen LogP) is 4.66. The molecule has 1 fully saturated rings. The molecule has 1 aliphatic rings. The van der Waals surface area contributed by atoms with Crippen LogP contribution in [0.5, 0.6) is 11.5 Å². The van der Waals surface area contributed by atoms with Crippen molar-refractivity contribution in [1.29, 1.82) is 0 Å². The first-order valence-corrected chi connectivity index (χ1v) is 8.51. The fraction of sp³-hybridized carbons (Fsp3) is 0.0588. The minimum atomic E-state index is -4.65. The molecule has 1 saturated heterocycles. The van der Waals surface area contributed by atoms with E-state index in [0.29, 0.717) is 5.56 Å². The lowest BCUT2D eigenvalue weighted by molar-refractivity contribution is -0.137. The first kappa shape index (κ1) is 19.1. The van der Waals surface area contributed by atoms with Gasteiger partial charge in [0.2, 0.25) is 0 Å². The average molecular weight is 415 g/mol. The van der Waals surface area contributed by atoms with E-state index in [-0.39, 0.29) is 32.3 Å². The zero-order valence-corrected chi connectivity index (χ0v) is 14.8. The summed E-state index contributed by atoms with van der Waals surface area (Å²) in [5.41, 5.74) is -0.969. The summed E-state index contributed by atoms with van der Waals surface area (Å²) in [4.78, 5) is 16.1. The quantitative estimate of drug-likeness (QED) is 0.493. The Kier molecular flexibility index (Phi) is 5.07. The van der Waals surface area contributed by atoms with Gasteiger partial charge in [0, 0.05) is 5.02 Å². The number of carbonyl (C=O) groups excluding carboxylic acids is 1. The Balaban J connectivity index is 1.92. The van der Waals surface area contributed by atoms with Crippen molar-refractivity contribution in [1.82, 2.24) is 5.32 Å². The molecule has 0 unspecified atom stereocenters. The van der Waals surface area contributed by atoms with E-state index >= 15 is 0 Å². The SMILES string of the molecule is O=C1NC(=Nc2ccc(Cl)cc2C(F)(F)F)S/C1=C\c1ccc(O)c(O)c1. The van der Waals surface area contributed by atoms with E-state index in [1.807, 2.05) is 0 Å². The summed E-state index contributed by atoms with van der Waals surface area (Å²) < 4.78 is 39.4. The number of nitrogens with one attached hydrogen (secondary N) is 1. The van der Waals surface area contributed by atoms with Crippen LogP contribution in [0.3, 0.4) is 0 Å². The lowest BCUT2D eigenvalue weighted by Crippen LogP contribution is -2.19. The molecule has 0 radical (unpaired) electrons. The van der Waals surface area contributed by atoms with E-state index in [0.717, 1.165) is 23.9 Å². The van der Waals surface area contributed by atoms with Crippen LogP contribution in [0.1, 0.15) is 11.1 Å². The van der Waals surface area contributed by atoms with E-state index < -0.39 is 17.6 Å². The highest BCUT2D eigenvalue weighted by Gasteiger charge is 2.34. The molecule has 2 aromatic carbocycles. The molecule has 5 nitrogen and oxygen atoms in total. The van der Waals surface area contributed by atoms with Crippen LogP contribution in [0.2, 0.25) is 5.02 Å². The van der Waals surface area contributed by atoms with Gasteiger partial charge in [0.15, 0.2) is 16.7 Å². The van der Waals surface area contributed by atoms with Crippen LogP contribution in [0.4, 0.5) is 18.9 Å². The third-order valence-corrected chi connectivity index (χ3v) is 4.58. The van der Waals surface area contributed by atoms with Crippen LogP contribution in [0, 0.1) is 0 Å². The zero-order chi connectivity index (χ0) is 19.8. The summed E-state index contributed by atoms with van der Waals surface area (Å²) in [7, 11) is 0. The van der Waals surface area contributed by atoms with Gasteiger partial charge in [0.25, 0.3) is 5.91 Å². The van der Waals surface area contributed by atoms with Gasteiger partial charge in [0.1, 0.15) is 0 Å². The first-order valence-electron chi connectivity index (χ1n) is 7.32. The molecule has 10 heteroatoms. The number of nitrogens with zero attached hydrogens (tertiary/aromatic N) is 1. The van der Waals surface area contributed by atoms with E-state index in [1.165, 1.54) is 30.3 Å². The van der Waals surface area contributed by atoms with Crippen LogP contribution in [0.15, 0.2) is 46.3 Å². The number of hydrogen-bond donors (Lipinski definition) is 3. The van der Waals surface area contributed by atoms with Crippen LogP contribution in [-0.4, -0.2) is 21.3 Å². The number of aliphatic imine (C=N–C) groups is 1. The van der Waals surface area contributed by atoms with Crippen LogP contribution >= 0.6 is 23.4 Å². The van der Waals surface area contributed by atoms with Gasteiger partial charge in [-0.1, -0.05) is 17.7 Å². The van der Waals surface area contributed by atoms with Crippen molar-refractivity contribution in [3.8, 4) is 11.5 Å². The number of rotatable bonds is 2. The van der Waals surface area contributed by atoms with Crippen molar-refractivity contribution in [3.63, 3.8) is 0 Å². The molecule has 2 aromatic rings. The third-order valence-electron chi connectivity index (χ3n) is 3.43. The highest BCUT2D eigenvalue weighted by Crippen LogP contribution is 2.39. The number of hydrogen-bond acceptors (Lipinski definition) is 5. The second kappa shape index (κ2) is 7.16. The Labute approximate surface area is 160 Å². The molecule has 3 rings (SSSR count). The molecule has 27 heavy (non-hydrogen) atoms. The number of halogens is 4. The number of alkyl halides is 3. The summed E-state index contributed by atoms with van der Waals surface area (Å²) in [6, 6.07) is 7.10. The Hall–Kier alpha value is -2.65. The lowest BCUT2D eigenvalue weighted by Gasteiger charge is -2.10. The standard InChI is InChI=1S/C17H10ClF3N2O3S/c18-9-2-3-11(10(7-9)17(19,20)21)22-16-23-15(26)14(27-16)6-8-1-4-12(24)13(25)5-8/h1-7,24-25H,(H,22,23,26)/b14-6-. The highest BCUT2D eigenvalue weighted by molar-refractivity contribution is 8.18. The summed E-state index contributed by atoms with van der Waals surface area (Å²) in [5, 5.41) is 21.1. The minimum absolute atomic E-state index is 0.0259. The summed E-state index contributed by atoms with van der Waals surface area (Å²) in [6.07, 6.45) is -3.24. The fourth-order valence-electron chi connectivity index (χ4n) is 2.20. The van der Waals surface area contributed by atoms with Crippen molar-refractivity contribution >= 4 is 46.2 Å². The zero-order valence-electron chi connectivity index (χ0n) is 13.2. The molecular formula is C17H10ClF3N2O3S. The second-order valence-corrected chi connectivity index (χ2v) is 6.86. The molecule has 0 atom stereocenters. The van der Waals surface area contributed by atoms with Gasteiger partial charge in [-0.15, -0.1) is 0 Å². The second-order valence-electron chi connectivity index (χ2n) is 5.39. The number of thioether (sulfide) groups is 1. The lowest BCUT2D eigenvalue weighted by atomic mass is 10.2. The number of carbonyl (C=O) groups is 1. The fourth-order valence-corrected chi connectivity index (χ4v) is 3.21. The van der Waals surface area contributed by atoms with Crippen LogP contribution in [0.25, 0.3) is 6.08 Å². The Bertz CT molecular complexity index is 990. The molecule has 0 spiro atoms. The first-order chi connectivity index (χ1) is 12.6.